The maximum Gasteiger partial charge on any atom is 0.255 e. The molecule has 3 aliphatic rings. The van der Waals surface area contributed by atoms with Gasteiger partial charge in [-0.05, 0) is 43.4 Å². The molecule has 35 heavy (non-hydrogen) atoms. The summed E-state index contributed by atoms with van der Waals surface area (Å²) in [5.41, 5.74) is 2.14. The predicted molar refractivity (Wildman–Crippen MR) is 137 cm³/mol. The van der Waals surface area contributed by atoms with Crippen LogP contribution in [0.3, 0.4) is 0 Å². The van der Waals surface area contributed by atoms with Gasteiger partial charge in [0.25, 0.3) is 5.91 Å². The van der Waals surface area contributed by atoms with E-state index in [9.17, 15) is 4.79 Å². The molecule has 6 heteroatoms. The number of likely N-dealkylation sites (tertiary alicyclic amines) is 1. The molecule has 2 saturated heterocycles. The number of rotatable bonds is 5. The number of imidazole rings is 1. The van der Waals surface area contributed by atoms with Crippen LogP contribution in [-0.2, 0) is 12.8 Å². The molecule has 6 nitrogen and oxygen atoms in total. The fourth-order valence-electron chi connectivity index (χ4n) is 7.04. The van der Waals surface area contributed by atoms with Crippen molar-refractivity contribution in [2.45, 2.75) is 83.0 Å². The van der Waals surface area contributed by atoms with E-state index < -0.39 is 0 Å². The van der Waals surface area contributed by atoms with Crippen LogP contribution in [0.25, 0.3) is 5.82 Å². The average Bonchev–Trinajstić information content (AvgIpc) is 3.42. The zero-order valence-corrected chi connectivity index (χ0v) is 20.7. The van der Waals surface area contributed by atoms with E-state index in [-0.39, 0.29) is 29.4 Å². The van der Waals surface area contributed by atoms with E-state index in [1.807, 2.05) is 22.9 Å². The summed E-state index contributed by atoms with van der Waals surface area (Å²) in [7, 11) is 0. The molecule has 1 aromatic carbocycles. The van der Waals surface area contributed by atoms with E-state index in [0.29, 0.717) is 11.6 Å². The summed E-state index contributed by atoms with van der Waals surface area (Å²) in [5, 5.41) is 4.03. The van der Waals surface area contributed by atoms with Gasteiger partial charge < -0.3 is 10.2 Å². The fraction of sp³-hybridized carbons (Fsp3) is 0.483. The van der Waals surface area contributed by atoms with E-state index in [2.05, 4.69) is 64.4 Å². The first-order chi connectivity index (χ1) is 17.1. The van der Waals surface area contributed by atoms with Gasteiger partial charge in [-0.1, -0.05) is 57.0 Å². The van der Waals surface area contributed by atoms with Crippen molar-refractivity contribution in [1.29, 1.82) is 0 Å². The Kier molecular flexibility index (Phi) is 5.72. The van der Waals surface area contributed by atoms with Crippen LogP contribution in [0.4, 0.5) is 0 Å². The Morgan fingerprint density at radius 3 is 2.71 bits per heavy atom. The number of amides is 1. The quantitative estimate of drug-likeness (QED) is 0.594. The number of benzene rings is 1. The number of nitrogens with zero attached hydrogens (tertiary/aromatic N) is 4. The molecule has 1 amide bonds. The first-order valence-corrected chi connectivity index (χ1v) is 13.2. The summed E-state index contributed by atoms with van der Waals surface area (Å²) < 4.78 is 1.99. The lowest BCUT2D eigenvalue weighted by molar-refractivity contribution is 0.0611. The number of carbonyl (C=O) groups excluding carboxylic acids is 1. The molecular formula is C29H35N5O. The molecule has 3 fully saturated rings. The monoisotopic (exact) mass is 469 g/mol. The number of nitrogens with one attached hydrogen (secondary N) is 1. The number of carbonyl (C=O) groups is 1. The van der Waals surface area contributed by atoms with Gasteiger partial charge in [-0.3, -0.25) is 9.36 Å². The lowest BCUT2D eigenvalue weighted by Gasteiger charge is -2.43. The van der Waals surface area contributed by atoms with E-state index >= 15 is 0 Å². The second-order valence-electron chi connectivity index (χ2n) is 10.8. The van der Waals surface area contributed by atoms with Gasteiger partial charge in [0, 0.05) is 54.6 Å². The van der Waals surface area contributed by atoms with Crippen molar-refractivity contribution in [3.8, 4) is 5.82 Å². The van der Waals surface area contributed by atoms with Crippen LogP contribution in [0.2, 0.25) is 0 Å². The fourth-order valence-corrected chi connectivity index (χ4v) is 7.04. The van der Waals surface area contributed by atoms with Gasteiger partial charge in [0.1, 0.15) is 11.6 Å². The van der Waals surface area contributed by atoms with Gasteiger partial charge in [0.05, 0.1) is 5.56 Å². The van der Waals surface area contributed by atoms with E-state index in [1.54, 1.807) is 12.4 Å². The second kappa shape index (κ2) is 8.90. The minimum Gasteiger partial charge on any atom is -0.330 e. The van der Waals surface area contributed by atoms with Gasteiger partial charge in [-0.15, -0.1) is 0 Å². The molecule has 5 atom stereocenters. The van der Waals surface area contributed by atoms with Gasteiger partial charge in [0.15, 0.2) is 0 Å². The molecule has 2 aliphatic heterocycles. The third-order valence-corrected chi connectivity index (χ3v) is 8.81. The maximum atomic E-state index is 14.1. The highest BCUT2D eigenvalue weighted by Gasteiger charge is 2.60. The second-order valence-corrected chi connectivity index (χ2v) is 10.8. The maximum absolute atomic E-state index is 14.1. The molecular weight excluding hydrogens is 434 g/mol. The van der Waals surface area contributed by atoms with Crippen LogP contribution in [0.15, 0.2) is 61.1 Å². The highest BCUT2D eigenvalue weighted by atomic mass is 16.2. The minimum absolute atomic E-state index is 0.129. The van der Waals surface area contributed by atoms with Gasteiger partial charge in [0.2, 0.25) is 0 Å². The molecule has 1 aliphatic carbocycles. The molecule has 2 bridgehead atoms. The topological polar surface area (TPSA) is 63.1 Å². The number of aryl methyl sites for hydroxylation is 1. The van der Waals surface area contributed by atoms with Crippen molar-refractivity contribution in [3.05, 3.63) is 78.0 Å². The lowest BCUT2D eigenvalue weighted by Crippen LogP contribution is -2.57. The van der Waals surface area contributed by atoms with Crippen LogP contribution in [-0.4, -0.2) is 49.5 Å². The molecule has 182 valence electrons. The Balaban J connectivity index is 1.32. The molecule has 2 aromatic heterocycles. The molecule has 4 heterocycles. The zero-order chi connectivity index (χ0) is 24.0. The first kappa shape index (κ1) is 22.5. The van der Waals surface area contributed by atoms with Crippen molar-refractivity contribution < 1.29 is 4.79 Å². The van der Waals surface area contributed by atoms with E-state index in [0.717, 1.165) is 37.3 Å². The van der Waals surface area contributed by atoms with Crippen molar-refractivity contribution in [2.75, 3.05) is 0 Å². The number of aromatic nitrogens is 3. The number of fused-ring (bicyclic) bond motifs is 1. The smallest absolute Gasteiger partial charge is 0.255 e. The summed E-state index contributed by atoms with van der Waals surface area (Å²) in [4.78, 5) is 25.4. The molecule has 0 spiro atoms. The summed E-state index contributed by atoms with van der Waals surface area (Å²) in [6, 6.07) is 15.8. The van der Waals surface area contributed by atoms with E-state index in [1.165, 1.54) is 24.8 Å². The molecule has 3 aromatic rings. The Hall–Kier alpha value is -2.99. The lowest BCUT2D eigenvalue weighted by atomic mass is 9.70. The third kappa shape index (κ3) is 3.79. The summed E-state index contributed by atoms with van der Waals surface area (Å²) >= 11 is 0. The summed E-state index contributed by atoms with van der Waals surface area (Å²) in [6.07, 6.45) is 13.1. The van der Waals surface area contributed by atoms with Gasteiger partial charge >= 0.3 is 0 Å². The molecule has 0 radical (unpaired) electrons. The van der Waals surface area contributed by atoms with Crippen LogP contribution in [0, 0.1) is 5.41 Å². The van der Waals surface area contributed by atoms with Crippen molar-refractivity contribution in [2.24, 2.45) is 5.41 Å². The normalized spacial score (nSPS) is 29.7. The van der Waals surface area contributed by atoms with Crippen LogP contribution >= 0.6 is 0 Å². The Bertz CT molecular complexity index is 1190. The van der Waals surface area contributed by atoms with Crippen molar-refractivity contribution in [3.63, 3.8) is 0 Å². The van der Waals surface area contributed by atoms with Crippen LogP contribution in [0.5, 0.6) is 0 Å². The first-order valence-electron chi connectivity index (χ1n) is 13.2. The third-order valence-electron chi connectivity index (χ3n) is 8.81. The Morgan fingerprint density at radius 1 is 1.11 bits per heavy atom. The number of piperidine rings is 1. The van der Waals surface area contributed by atoms with Crippen molar-refractivity contribution >= 4 is 5.91 Å². The largest absolute Gasteiger partial charge is 0.330 e. The highest BCUT2D eigenvalue weighted by Crippen LogP contribution is 2.52. The Labute approximate surface area is 207 Å². The molecule has 6 rings (SSSR count). The van der Waals surface area contributed by atoms with Gasteiger partial charge in [-0.2, -0.15) is 0 Å². The average molecular weight is 470 g/mol. The SMILES string of the molecule is CCc1nccn1-c1ccc(C(=O)N2[C@H]3CCCC[C@H]4N[C@H](Cc5ccccc5)[C@@H]2C[C@@]34C)cn1. The van der Waals surface area contributed by atoms with Crippen molar-refractivity contribution in [1.82, 2.24) is 24.8 Å². The zero-order valence-electron chi connectivity index (χ0n) is 20.7. The predicted octanol–water partition coefficient (Wildman–Crippen LogP) is 4.58. The molecule has 0 unspecified atom stereocenters. The molecule has 1 saturated carbocycles. The number of hydrogen-bond donors (Lipinski definition) is 1. The van der Waals surface area contributed by atoms with Gasteiger partial charge in [-0.25, -0.2) is 9.97 Å². The summed E-state index contributed by atoms with van der Waals surface area (Å²) in [6.45, 7) is 4.51. The number of pyridine rings is 1. The number of hydrogen-bond acceptors (Lipinski definition) is 4. The van der Waals surface area contributed by atoms with Crippen LogP contribution in [0.1, 0.15) is 67.7 Å². The standard InChI is InChI=1S/C29H35N5O/c1-3-26-30-15-16-33(26)27-14-13-21(19-31-27)28(35)34-23-18-29(2)24(11-7-8-12-25(29)34)32-22(23)17-20-9-5-4-6-10-20/h4-6,9-10,13-16,19,22-25,32H,3,7-8,11-12,17-18H2,1-2H3/t22-,23+,24-,25+,29-/m1/s1. The van der Waals surface area contributed by atoms with Crippen LogP contribution < -0.4 is 5.32 Å². The Morgan fingerprint density at radius 2 is 1.94 bits per heavy atom. The minimum atomic E-state index is 0.129. The summed E-state index contributed by atoms with van der Waals surface area (Å²) in [5.74, 6) is 1.91. The van der Waals surface area contributed by atoms with E-state index in [4.69, 9.17) is 0 Å². The highest BCUT2D eigenvalue weighted by molar-refractivity contribution is 5.95. The molecule has 1 N–H and O–H groups in total.